The highest BCUT2D eigenvalue weighted by molar-refractivity contribution is 7.07. The molecule has 0 N–H and O–H groups in total. The molecule has 104 valence electrons. The summed E-state index contributed by atoms with van der Waals surface area (Å²) < 4.78 is 15.7. The number of nitrogens with zero attached hydrogens (tertiary/aromatic N) is 2. The number of imidazole rings is 1. The Hall–Kier alpha value is -1.39. The molecular weight excluding hydrogens is 295 g/mol. The predicted octanol–water partition coefficient (Wildman–Crippen LogP) is 4.53. The molecule has 20 heavy (non-hydrogen) atoms. The Morgan fingerprint density at radius 2 is 2.25 bits per heavy atom. The first-order chi connectivity index (χ1) is 9.69. The lowest BCUT2D eigenvalue weighted by Gasteiger charge is -2.07. The van der Waals surface area contributed by atoms with Crippen molar-refractivity contribution < 1.29 is 4.39 Å². The second-order valence-electron chi connectivity index (χ2n) is 4.79. The van der Waals surface area contributed by atoms with E-state index in [-0.39, 0.29) is 5.82 Å². The summed E-state index contributed by atoms with van der Waals surface area (Å²) in [7, 11) is 0. The minimum atomic E-state index is -0.221. The van der Waals surface area contributed by atoms with Crippen LogP contribution in [0.15, 0.2) is 29.0 Å². The topological polar surface area (TPSA) is 17.8 Å². The fraction of sp³-hybridized carbons (Fsp3) is 0.267. The van der Waals surface area contributed by atoms with E-state index < -0.39 is 0 Å². The molecule has 0 saturated carbocycles. The molecule has 0 fully saturated rings. The average molecular weight is 309 g/mol. The Morgan fingerprint density at radius 1 is 1.40 bits per heavy atom. The van der Waals surface area contributed by atoms with Gasteiger partial charge in [0, 0.05) is 12.6 Å². The maximum absolute atomic E-state index is 13.6. The molecule has 2 aromatic heterocycles. The zero-order chi connectivity index (χ0) is 14.1. The summed E-state index contributed by atoms with van der Waals surface area (Å²) in [6, 6.07) is 5.46. The second kappa shape index (κ2) is 5.54. The lowest BCUT2D eigenvalue weighted by molar-refractivity contribution is 0.620. The molecule has 0 atom stereocenters. The number of halogens is 2. The van der Waals surface area contributed by atoms with Crippen molar-refractivity contribution in [1.82, 2.24) is 9.55 Å². The van der Waals surface area contributed by atoms with Crippen LogP contribution in [0, 0.1) is 12.7 Å². The summed E-state index contributed by atoms with van der Waals surface area (Å²) in [5.41, 5.74) is 3.57. The van der Waals surface area contributed by atoms with E-state index >= 15 is 0 Å². The molecule has 0 spiro atoms. The van der Waals surface area contributed by atoms with E-state index in [1.807, 2.05) is 6.07 Å². The molecule has 5 heteroatoms. The van der Waals surface area contributed by atoms with Crippen LogP contribution in [-0.2, 0) is 18.8 Å². The lowest BCUT2D eigenvalue weighted by Crippen LogP contribution is -2.04. The van der Waals surface area contributed by atoms with Gasteiger partial charge in [0.2, 0.25) is 0 Å². The van der Waals surface area contributed by atoms with Gasteiger partial charge in [0.1, 0.15) is 11.6 Å². The Balaban J connectivity index is 2.01. The van der Waals surface area contributed by atoms with E-state index in [0.29, 0.717) is 17.0 Å². The molecule has 0 aliphatic carbocycles. The number of hydrogen-bond donors (Lipinski definition) is 0. The standard InChI is InChI=1S/C15H14ClFN2S/c1-10-6-14-13(7-12(10)17)18-15(8-16)19(14)4-2-11-3-5-20-9-11/h3,5-7,9H,2,4,8H2,1H3. The van der Waals surface area contributed by atoms with Gasteiger partial charge in [0.25, 0.3) is 0 Å². The SMILES string of the molecule is Cc1cc2c(cc1F)nc(CCl)n2CCc1ccsc1. The summed E-state index contributed by atoms with van der Waals surface area (Å²) in [6.45, 7) is 2.58. The molecule has 2 nitrogen and oxygen atoms in total. The highest BCUT2D eigenvalue weighted by Gasteiger charge is 2.12. The van der Waals surface area contributed by atoms with Gasteiger partial charge in [-0.25, -0.2) is 9.37 Å². The van der Waals surface area contributed by atoms with Gasteiger partial charge in [-0.05, 0) is 47.4 Å². The largest absolute Gasteiger partial charge is 0.327 e. The number of aromatic nitrogens is 2. The number of rotatable bonds is 4. The van der Waals surface area contributed by atoms with E-state index in [2.05, 4.69) is 26.4 Å². The first-order valence-corrected chi connectivity index (χ1v) is 7.89. The average Bonchev–Trinajstić information content (AvgIpc) is 3.05. The third-order valence-corrected chi connectivity index (χ3v) is 4.40. The van der Waals surface area contributed by atoms with Crippen molar-refractivity contribution in [3.05, 3.63) is 51.7 Å². The van der Waals surface area contributed by atoms with Crippen molar-refractivity contribution >= 4 is 34.0 Å². The molecule has 0 aliphatic rings. The van der Waals surface area contributed by atoms with E-state index in [4.69, 9.17) is 11.6 Å². The number of thiophene rings is 1. The summed E-state index contributed by atoms with van der Waals surface area (Å²) in [6.07, 6.45) is 0.926. The first kappa shape index (κ1) is 13.6. The van der Waals surface area contributed by atoms with Crippen LogP contribution in [-0.4, -0.2) is 9.55 Å². The van der Waals surface area contributed by atoms with Crippen LogP contribution in [0.4, 0.5) is 4.39 Å². The zero-order valence-corrected chi connectivity index (χ0v) is 12.6. The lowest BCUT2D eigenvalue weighted by atomic mass is 10.2. The van der Waals surface area contributed by atoms with Crippen LogP contribution in [0.2, 0.25) is 0 Å². The minimum Gasteiger partial charge on any atom is -0.327 e. The summed E-state index contributed by atoms with van der Waals surface area (Å²) in [4.78, 5) is 4.43. The molecule has 3 rings (SSSR count). The van der Waals surface area contributed by atoms with Crippen LogP contribution in [0.5, 0.6) is 0 Å². The fourth-order valence-electron chi connectivity index (χ4n) is 2.33. The molecule has 0 radical (unpaired) electrons. The van der Waals surface area contributed by atoms with Crippen molar-refractivity contribution in [2.75, 3.05) is 0 Å². The molecule has 0 aliphatic heterocycles. The number of alkyl halides is 1. The van der Waals surface area contributed by atoms with Crippen molar-refractivity contribution in [2.24, 2.45) is 0 Å². The van der Waals surface area contributed by atoms with Gasteiger partial charge >= 0.3 is 0 Å². The van der Waals surface area contributed by atoms with Crippen LogP contribution in [0.1, 0.15) is 17.0 Å². The third-order valence-electron chi connectivity index (χ3n) is 3.43. The Morgan fingerprint density at radius 3 is 2.95 bits per heavy atom. The molecule has 1 aromatic carbocycles. The second-order valence-corrected chi connectivity index (χ2v) is 5.83. The van der Waals surface area contributed by atoms with E-state index in [9.17, 15) is 4.39 Å². The highest BCUT2D eigenvalue weighted by atomic mass is 35.5. The molecule has 2 heterocycles. The molecule has 0 amide bonds. The number of benzene rings is 1. The monoisotopic (exact) mass is 308 g/mol. The predicted molar refractivity (Wildman–Crippen MR) is 82.0 cm³/mol. The number of aryl methyl sites for hydroxylation is 3. The van der Waals surface area contributed by atoms with E-state index in [1.165, 1.54) is 11.6 Å². The number of hydrogen-bond acceptors (Lipinski definition) is 2. The van der Waals surface area contributed by atoms with E-state index in [0.717, 1.165) is 24.3 Å². The Kier molecular flexibility index (Phi) is 3.76. The fourth-order valence-corrected chi connectivity index (χ4v) is 3.23. The smallest absolute Gasteiger partial charge is 0.128 e. The van der Waals surface area contributed by atoms with Crippen LogP contribution in [0.3, 0.4) is 0 Å². The number of fused-ring (bicyclic) bond motifs is 1. The highest BCUT2D eigenvalue weighted by Crippen LogP contribution is 2.22. The maximum atomic E-state index is 13.6. The first-order valence-electron chi connectivity index (χ1n) is 6.41. The van der Waals surface area contributed by atoms with E-state index in [1.54, 1.807) is 18.3 Å². The van der Waals surface area contributed by atoms with Gasteiger partial charge in [0.05, 0.1) is 16.9 Å². The third kappa shape index (κ3) is 2.45. The molecule has 0 saturated heterocycles. The quantitative estimate of drug-likeness (QED) is 0.648. The van der Waals surface area contributed by atoms with Crippen LogP contribution >= 0.6 is 22.9 Å². The van der Waals surface area contributed by atoms with Gasteiger partial charge in [-0.3, -0.25) is 0 Å². The minimum absolute atomic E-state index is 0.221. The summed E-state index contributed by atoms with van der Waals surface area (Å²) in [5, 5.41) is 4.22. The van der Waals surface area contributed by atoms with Crippen molar-refractivity contribution in [1.29, 1.82) is 0 Å². The van der Waals surface area contributed by atoms with Gasteiger partial charge in [-0.2, -0.15) is 11.3 Å². The zero-order valence-electron chi connectivity index (χ0n) is 11.1. The molecule has 0 bridgehead atoms. The molecule has 3 aromatic rings. The molecule has 0 unspecified atom stereocenters. The van der Waals surface area contributed by atoms with Gasteiger partial charge in [-0.1, -0.05) is 0 Å². The van der Waals surface area contributed by atoms with Gasteiger partial charge < -0.3 is 4.57 Å². The molecular formula is C15H14ClFN2S. The summed E-state index contributed by atoms with van der Waals surface area (Å²) in [5.74, 6) is 0.905. The van der Waals surface area contributed by atoms with Crippen LogP contribution in [0.25, 0.3) is 11.0 Å². The summed E-state index contributed by atoms with van der Waals surface area (Å²) >= 11 is 7.66. The van der Waals surface area contributed by atoms with Crippen molar-refractivity contribution in [3.63, 3.8) is 0 Å². The van der Waals surface area contributed by atoms with Crippen molar-refractivity contribution in [2.45, 2.75) is 25.8 Å². The van der Waals surface area contributed by atoms with Gasteiger partial charge in [0.15, 0.2) is 0 Å². The Bertz CT molecular complexity index is 734. The normalized spacial score (nSPS) is 11.3. The van der Waals surface area contributed by atoms with Crippen molar-refractivity contribution in [3.8, 4) is 0 Å². The Labute approximate surface area is 125 Å². The maximum Gasteiger partial charge on any atom is 0.128 e. The van der Waals surface area contributed by atoms with Crippen LogP contribution < -0.4 is 0 Å². The van der Waals surface area contributed by atoms with Gasteiger partial charge in [-0.15, -0.1) is 11.6 Å².